The first-order chi connectivity index (χ1) is 10.4. The van der Waals surface area contributed by atoms with Crippen LogP contribution in [0, 0.1) is 5.92 Å². The average molecular weight is 304 g/mol. The molecule has 0 fully saturated rings. The van der Waals surface area contributed by atoms with Crippen LogP contribution < -0.4 is 4.74 Å². The Labute approximate surface area is 127 Å². The van der Waals surface area contributed by atoms with E-state index >= 15 is 0 Å². The lowest BCUT2D eigenvalue weighted by molar-refractivity contribution is -0.148. The third kappa shape index (κ3) is 4.37. The van der Waals surface area contributed by atoms with E-state index < -0.39 is 29.4 Å². The summed E-state index contributed by atoms with van der Waals surface area (Å²) in [6.45, 7) is 5.57. The molecule has 0 amide bonds. The van der Waals surface area contributed by atoms with Gasteiger partial charge in [-0.3, -0.25) is 19.2 Å². The highest BCUT2D eigenvalue weighted by atomic mass is 16.5. The van der Waals surface area contributed by atoms with Gasteiger partial charge in [0.05, 0.1) is 5.56 Å². The molecule has 0 aromatic heterocycles. The molecular formula is C16H16O6. The van der Waals surface area contributed by atoms with Crippen LogP contribution in [0.4, 0.5) is 0 Å². The molecule has 6 nitrogen and oxygen atoms in total. The second kappa shape index (κ2) is 7.87. The fourth-order valence-electron chi connectivity index (χ4n) is 1.75. The number of carbonyl (C=O) groups is 4. The van der Waals surface area contributed by atoms with Gasteiger partial charge in [-0.05, 0) is 19.1 Å². The highest BCUT2D eigenvalue weighted by Crippen LogP contribution is 2.23. The molecule has 0 radical (unpaired) electrons. The number of benzene rings is 1. The number of ketones is 2. The summed E-state index contributed by atoms with van der Waals surface area (Å²) in [5.74, 6) is -4.63. The van der Waals surface area contributed by atoms with Crippen LogP contribution in [0.25, 0.3) is 0 Å². The third-order valence-electron chi connectivity index (χ3n) is 2.65. The largest absolute Gasteiger partial charge is 0.461 e. The first-order valence-corrected chi connectivity index (χ1v) is 6.48. The van der Waals surface area contributed by atoms with E-state index in [1.165, 1.54) is 31.2 Å². The molecule has 0 aliphatic heterocycles. The van der Waals surface area contributed by atoms with E-state index in [0.29, 0.717) is 0 Å². The Morgan fingerprint density at radius 2 is 1.82 bits per heavy atom. The number of carbonyl (C=O) groups excluding carboxylic acids is 4. The van der Waals surface area contributed by atoms with Gasteiger partial charge in [0, 0.05) is 6.92 Å². The molecule has 116 valence electrons. The molecule has 1 aromatic carbocycles. The number of Topliss-reactive ketones (excluding diaryl/α,β-unsaturated/α-hetero) is 2. The summed E-state index contributed by atoms with van der Waals surface area (Å²) in [7, 11) is 0. The molecule has 6 heteroatoms. The lowest BCUT2D eigenvalue weighted by atomic mass is 9.94. The summed E-state index contributed by atoms with van der Waals surface area (Å²) < 4.78 is 9.69. The van der Waals surface area contributed by atoms with Crippen molar-refractivity contribution in [3.8, 4) is 5.75 Å². The second-order valence-electron chi connectivity index (χ2n) is 4.42. The monoisotopic (exact) mass is 304 g/mol. The molecule has 0 heterocycles. The molecule has 0 spiro atoms. The van der Waals surface area contributed by atoms with Crippen LogP contribution in [0.5, 0.6) is 5.75 Å². The molecule has 0 bridgehead atoms. The molecule has 22 heavy (non-hydrogen) atoms. The van der Waals surface area contributed by atoms with Gasteiger partial charge in [-0.25, -0.2) is 0 Å². The summed E-state index contributed by atoms with van der Waals surface area (Å²) in [5, 5.41) is 0. The standard InChI is InChI=1S/C16H16O6/c1-4-9-21-16(20)14(10(2)17)15(19)12-7-5-6-8-13(12)22-11(3)18/h4-8,14H,1,9H2,2-3H3. The summed E-state index contributed by atoms with van der Waals surface area (Å²) in [5.41, 5.74) is -0.0338. The number of hydrogen-bond donors (Lipinski definition) is 0. The number of para-hydroxylation sites is 1. The van der Waals surface area contributed by atoms with Gasteiger partial charge in [-0.2, -0.15) is 0 Å². The molecule has 0 aliphatic rings. The molecule has 1 aromatic rings. The predicted molar refractivity (Wildman–Crippen MR) is 77.4 cm³/mol. The van der Waals surface area contributed by atoms with Crippen molar-refractivity contribution in [3.05, 3.63) is 42.5 Å². The molecular weight excluding hydrogens is 288 g/mol. The zero-order chi connectivity index (χ0) is 16.7. The topological polar surface area (TPSA) is 86.7 Å². The van der Waals surface area contributed by atoms with Crippen molar-refractivity contribution in [3.63, 3.8) is 0 Å². The van der Waals surface area contributed by atoms with Gasteiger partial charge in [-0.15, -0.1) is 0 Å². The molecule has 0 aliphatic carbocycles. The lowest BCUT2D eigenvalue weighted by Gasteiger charge is -2.13. The van der Waals surface area contributed by atoms with Gasteiger partial charge in [0.15, 0.2) is 17.5 Å². The SMILES string of the molecule is C=CCOC(=O)C(C(C)=O)C(=O)c1ccccc1OC(C)=O. The van der Waals surface area contributed by atoms with Crippen molar-refractivity contribution < 1.29 is 28.7 Å². The Morgan fingerprint density at radius 1 is 1.18 bits per heavy atom. The van der Waals surface area contributed by atoms with Gasteiger partial charge >= 0.3 is 11.9 Å². The van der Waals surface area contributed by atoms with E-state index in [1.807, 2.05) is 0 Å². The van der Waals surface area contributed by atoms with Crippen LogP contribution in [-0.4, -0.2) is 30.1 Å². The van der Waals surface area contributed by atoms with Crippen molar-refractivity contribution in [2.45, 2.75) is 13.8 Å². The first-order valence-electron chi connectivity index (χ1n) is 6.48. The summed E-state index contributed by atoms with van der Waals surface area (Å²) in [6.07, 6.45) is 1.33. The van der Waals surface area contributed by atoms with E-state index in [0.717, 1.165) is 6.92 Å². The molecule has 1 rings (SSSR count). The van der Waals surface area contributed by atoms with Crippen LogP contribution in [0.1, 0.15) is 24.2 Å². The lowest BCUT2D eigenvalue weighted by Crippen LogP contribution is -2.32. The maximum Gasteiger partial charge on any atom is 0.324 e. The van der Waals surface area contributed by atoms with E-state index in [1.54, 1.807) is 6.07 Å². The smallest absolute Gasteiger partial charge is 0.324 e. The van der Waals surface area contributed by atoms with E-state index in [4.69, 9.17) is 9.47 Å². The Morgan fingerprint density at radius 3 is 2.36 bits per heavy atom. The van der Waals surface area contributed by atoms with Gasteiger partial charge in [0.25, 0.3) is 0 Å². The van der Waals surface area contributed by atoms with Gasteiger partial charge in [-0.1, -0.05) is 24.8 Å². The number of hydrogen-bond acceptors (Lipinski definition) is 6. The zero-order valence-corrected chi connectivity index (χ0v) is 12.3. The van der Waals surface area contributed by atoms with Gasteiger partial charge in [0.2, 0.25) is 0 Å². The minimum absolute atomic E-state index is 0.0113. The molecule has 1 unspecified atom stereocenters. The Balaban J connectivity index is 3.15. The van der Waals surface area contributed by atoms with Gasteiger partial charge < -0.3 is 9.47 Å². The minimum Gasteiger partial charge on any atom is -0.461 e. The zero-order valence-electron chi connectivity index (χ0n) is 12.3. The van der Waals surface area contributed by atoms with Crippen LogP contribution in [-0.2, 0) is 19.1 Å². The van der Waals surface area contributed by atoms with Crippen LogP contribution >= 0.6 is 0 Å². The van der Waals surface area contributed by atoms with E-state index in [2.05, 4.69) is 6.58 Å². The second-order valence-corrected chi connectivity index (χ2v) is 4.42. The van der Waals surface area contributed by atoms with Crippen molar-refractivity contribution in [1.29, 1.82) is 0 Å². The first kappa shape index (κ1) is 17.3. The fourth-order valence-corrected chi connectivity index (χ4v) is 1.75. The van der Waals surface area contributed by atoms with Crippen molar-refractivity contribution in [2.75, 3.05) is 6.61 Å². The Bertz CT molecular complexity index is 617. The van der Waals surface area contributed by atoms with Crippen molar-refractivity contribution in [2.24, 2.45) is 5.92 Å². The quantitative estimate of drug-likeness (QED) is 0.251. The highest BCUT2D eigenvalue weighted by molar-refractivity contribution is 6.22. The van der Waals surface area contributed by atoms with Crippen LogP contribution in [0.3, 0.4) is 0 Å². The van der Waals surface area contributed by atoms with Gasteiger partial charge in [0.1, 0.15) is 12.4 Å². The number of ether oxygens (including phenoxy) is 2. The van der Waals surface area contributed by atoms with Crippen LogP contribution in [0.15, 0.2) is 36.9 Å². The Kier molecular flexibility index (Phi) is 6.19. The average Bonchev–Trinajstić information content (AvgIpc) is 2.44. The highest BCUT2D eigenvalue weighted by Gasteiger charge is 2.34. The molecule has 1 atom stereocenters. The van der Waals surface area contributed by atoms with Crippen molar-refractivity contribution >= 4 is 23.5 Å². The number of rotatable bonds is 7. The molecule has 0 saturated carbocycles. The summed E-state index contributed by atoms with van der Waals surface area (Å²) >= 11 is 0. The summed E-state index contributed by atoms with van der Waals surface area (Å²) in [6, 6.07) is 5.87. The Hall–Kier alpha value is -2.76. The van der Waals surface area contributed by atoms with E-state index in [9.17, 15) is 19.2 Å². The normalized spacial score (nSPS) is 11.2. The minimum atomic E-state index is -1.60. The van der Waals surface area contributed by atoms with Crippen molar-refractivity contribution in [1.82, 2.24) is 0 Å². The summed E-state index contributed by atoms with van der Waals surface area (Å²) in [4.78, 5) is 47.0. The van der Waals surface area contributed by atoms with E-state index in [-0.39, 0.29) is 17.9 Å². The number of esters is 2. The maximum absolute atomic E-state index is 12.5. The van der Waals surface area contributed by atoms with Crippen LogP contribution in [0.2, 0.25) is 0 Å². The molecule has 0 N–H and O–H groups in total. The molecule has 0 saturated heterocycles. The maximum atomic E-state index is 12.5. The third-order valence-corrected chi connectivity index (χ3v) is 2.65. The predicted octanol–water partition coefficient (Wildman–Crippen LogP) is 1.73. The fraction of sp³-hybridized carbons (Fsp3) is 0.250.